The van der Waals surface area contributed by atoms with Crippen molar-refractivity contribution in [1.29, 1.82) is 0 Å². The molecule has 0 saturated heterocycles. The Morgan fingerprint density at radius 1 is 0.850 bits per heavy atom. The van der Waals surface area contributed by atoms with E-state index in [0.717, 1.165) is 23.5 Å². The van der Waals surface area contributed by atoms with Crippen molar-refractivity contribution in [1.82, 2.24) is 0 Å². The van der Waals surface area contributed by atoms with Crippen molar-refractivity contribution in [2.45, 2.75) is 6.42 Å². The standard InChI is InChI=1S/C17H15IN2/c18-20(17-8-4-7-16(17)19)15-11-9-14(10-12-15)13-5-2-1-3-6-13/h1-3,5-12H,4,19H2. The van der Waals surface area contributed by atoms with Crippen molar-refractivity contribution in [3.8, 4) is 11.1 Å². The monoisotopic (exact) mass is 374 g/mol. The van der Waals surface area contributed by atoms with Crippen LogP contribution in [-0.4, -0.2) is 0 Å². The third kappa shape index (κ3) is 2.58. The Bertz CT molecular complexity index is 657. The predicted octanol–water partition coefficient (Wildman–Crippen LogP) is 4.64. The molecule has 3 heteroatoms. The fraction of sp³-hybridized carbons (Fsp3) is 0.0588. The molecule has 0 bridgehead atoms. The number of nitrogens with two attached hydrogens (primary N) is 1. The number of nitrogens with zero attached hydrogens (tertiary/aromatic N) is 1. The highest BCUT2D eigenvalue weighted by atomic mass is 127. The lowest BCUT2D eigenvalue weighted by Gasteiger charge is -2.19. The molecule has 0 unspecified atom stereocenters. The maximum Gasteiger partial charge on any atom is 0.0700 e. The summed E-state index contributed by atoms with van der Waals surface area (Å²) in [4.78, 5) is 0. The van der Waals surface area contributed by atoms with Gasteiger partial charge < -0.3 is 5.73 Å². The minimum absolute atomic E-state index is 0.853. The fourth-order valence-electron chi connectivity index (χ4n) is 2.27. The van der Waals surface area contributed by atoms with Gasteiger partial charge in [0.25, 0.3) is 0 Å². The van der Waals surface area contributed by atoms with Crippen LogP contribution < -0.4 is 8.85 Å². The second-order valence-electron chi connectivity index (χ2n) is 4.68. The highest BCUT2D eigenvalue weighted by Gasteiger charge is 2.14. The van der Waals surface area contributed by atoms with E-state index in [1.807, 2.05) is 12.1 Å². The molecular weight excluding hydrogens is 359 g/mol. The van der Waals surface area contributed by atoms with Crippen molar-refractivity contribution < 1.29 is 0 Å². The van der Waals surface area contributed by atoms with Gasteiger partial charge in [-0.1, -0.05) is 54.6 Å². The second kappa shape index (κ2) is 5.71. The fourth-order valence-corrected chi connectivity index (χ4v) is 3.06. The van der Waals surface area contributed by atoms with Crippen molar-refractivity contribution in [2.24, 2.45) is 5.73 Å². The third-order valence-electron chi connectivity index (χ3n) is 3.36. The van der Waals surface area contributed by atoms with Crippen LogP contribution in [0.25, 0.3) is 11.1 Å². The quantitative estimate of drug-likeness (QED) is 0.627. The summed E-state index contributed by atoms with van der Waals surface area (Å²) in [6.45, 7) is 0. The van der Waals surface area contributed by atoms with E-state index >= 15 is 0 Å². The lowest BCUT2D eigenvalue weighted by atomic mass is 10.1. The summed E-state index contributed by atoms with van der Waals surface area (Å²) in [5.74, 6) is 0. The summed E-state index contributed by atoms with van der Waals surface area (Å²) in [5.41, 5.74) is 11.5. The first-order valence-electron chi connectivity index (χ1n) is 6.53. The van der Waals surface area contributed by atoms with Crippen LogP contribution >= 0.6 is 22.9 Å². The molecule has 0 spiro atoms. The van der Waals surface area contributed by atoms with Gasteiger partial charge in [-0.25, -0.2) is 0 Å². The molecule has 100 valence electrons. The molecule has 1 aliphatic rings. The normalized spacial score (nSPS) is 13.8. The summed E-state index contributed by atoms with van der Waals surface area (Å²) in [6, 6.07) is 18.9. The van der Waals surface area contributed by atoms with E-state index in [4.69, 9.17) is 5.73 Å². The molecule has 2 N–H and O–H groups in total. The summed E-state index contributed by atoms with van der Waals surface area (Å²) in [5, 5.41) is 0. The molecule has 0 atom stereocenters. The third-order valence-corrected chi connectivity index (χ3v) is 4.43. The summed E-state index contributed by atoms with van der Waals surface area (Å²) < 4.78 is 2.10. The van der Waals surface area contributed by atoms with Crippen LogP contribution in [0.5, 0.6) is 0 Å². The Labute approximate surface area is 133 Å². The van der Waals surface area contributed by atoms with Gasteiger partial charge in [0, 0.05) is 0 Å². The number of anilines is 1. The molecule has 0 aromatic heterocycles. The first-order chi connectivity index (χ1) is 9.75. The lowest BCUT2D eigenvalue weighted by molar-refractivity contribution is 1.27. The zero-order valence-corrected chi connectivity index (χ0v) is 13.1. The molecule has 0 aliphatic heterocycles. The topological polar surface area (TPSA) is 29.3 Å². The molecule has 0 heterocycles. The molecule has 2 aromatic carbocycles. The second-order valence-corrected chi connectivity index (χ2v) is 5.64. The van der Waals surface area contributed by atoms with Crippen LogP contribution in [0, 0.1) is 0 Å². The number of allylic oxidation sites excluding steroid dienone is 2. The number of benzene rings is 2. The van der Waals surface area contributed by atoms with Gasteiger partial charge in [0.05, 0.1) is 39.9 Å². The van der Waals surface area contributed by atoms with E-state index in [2.05, 4.69) is 80.6 Å². The Morgan fingerprint density at radius 3 is 2.10 bits per heavy atom. The molecule has 2 nitrogen and oxygen atoms in total. The van der Waals surface area contributed by atoms with Crippen molar-refractivity contribution in [3.05, 3.63) is 78.1 Å². The van der Waals surface area contributed by atoms with E-state index in [9.17, 15) is 0 Å². The number of halogens is 1. The minimum atomic E-state index is 0.853. The zero-order chi connectivity index (χ0) is 13.9. The maximum atomic E-state index is 5.98. The van der Waals surface area contributed by atoms with Crippen LogP contribution in [0.3, 0.4) is 0 Å². The molecular formula is C17H15IN2. The molecule has 1 aliphatic carbocycles. The zero-order valence-electron chi connectivity index (χ0n) is 11.0. The Kier molecular flexibility index (Phi) is 3.78. The van der Waals surface area contributed by atoms with Gasteiger partial charge in [-0.2, -0.15) is 0 Å². The van der Waals surface area contributed by atoms with E-state index in [1.54, 1.807) is 0 Å². The van der Waals surface area contributed by atoms with Gasteiger partial charge >= 0.3 is 0 Å². The van der Waals surface area contributed by atoms with Gasteiger partial charge in [0.2, 0.25) is 0 Å². The molecule has 20 heavy (non-hydrogen) atoms. The molecule has 0 amide bonds. The van der Waals surface area contributed by atoms with Gasteiger partial charge in [-0.15, -0.1) is 0 Å². The SMILES string of the molecule is NC1=CCC=C1N(I)c1ccc(-c2ccccc2)cc1. The highest BCUT2D eigenvalue weighted by molar-refractivity contribution is 14.1. The average molecular weight is 374 g/mol. The largest absolute Gasteiger partial charge is 0.397 e. The first kappa shape index (κ1) is 13.2. The van der Waals surface area contributed by atoms with Crippen LogP contribution in [-0.2, 0) is 0 Å². The van der Waals surface area contributed by atoms with Crippen LogP contribution in [0.4, 0.5) is 5.69 Å². The number of hydrogen-bond acceptors (Lipinski definition) is 2. The Balaban J connectivity index is 1.85. The lowest BCUT2D eigenvalue weighted by Crippen LogP contribution is -2.13. The van der Waals surface area contributed by atoms with E-state index in [1.165, 1.54) is 11.1 Å². The van der Waals surface area contributed by atoms with E-state index in [-0.39, 0.29) is 0 Å². The van der Waals surface area contributed by atoms with Gasteiger partial charge in [0.1, 0.15) is 0 Å². The van der Waals surface area contributed by atoms with Gasteiger partial charge in [0.15, 0.2) is 0 Å². The highest BCUT2D eigenvalue weighted by Crippen LogP contribution is 2.31. The summed E-state index contributed by atoms with van der Waals surface area (Å²) in [7, 11) is 0. The predicted molar refractivity (Wildman–Crippen MR) is 93.3 cm³/mol. The smallest absolute Gasteiger partial charge is 0.0700 e. The molecule has 0 fully saturated rings. The van der Waals surface area contributed by atoms with Crippen molar-refractivity contribution in [3.63, 3.8) is 0 Å². The van der Waals surface area contributed by atoms with E-state index < -0.39 is 0 Å². The number of hydrogen-bond donors (Lipinski definition) is 1. The van der Waals surface area contributed by atoms with E-state index in [0.29, 0.717) is 0 Å². The summed E-state index contributed by atoms with van der Waals surface area (Å²) >= 11 is 2.30. The first-order valence-corrected chi connectivity index (χ1v) is 7.50. The van der Waals surface area contributed by atoms with Crippen molar-refractivity contribution in [2.75, 3.05) is 3.11 Å². The van der Waals surface area contributed by atoms with Crippen LogP contribution in [0.2, 0.25) is 0 Å². The minimum Gasteiger partial charge on any atom is -0.397 e. The molecule has 0 radical (unpaired) electrons. The Hall–Kier alpha value is -1.75. The number of rotatable bonds is 3. The van der Waals surface area contributed by atoms with Gasteiger partial charge in [-0.3, -0.25) is 3.11 Å². The summed E-state index contributed by atoms with van der Waals surface area (Å²) in [6.07, 6.45) is 5.11. The molecule has 2 aromatic rings. The van der Waals surface area contributed by atoms with Crippen molar-refractivity contribution >= 4 is 28.6 Å². The maximum absolute atomic E-state index is 5.98. The molecule has 3 rings (SSSR count). The van der Waals surface area contributed by atoms with Gasteiger partial charge in [-0.05, 0) is 29.7 Å². The Morgan fingerprint density at radius 2 is 1.50 bits per heavy atom. The average Bonchev–Trinajstić information content (AvgIpc) is 2.94. The molecule has 0 saturated carbocycles. The van der Waals surface area contributed by atoms with Crippen LogP contribution in [0.1, 0.15) is 6.42 Å². The van der Waals surface area contributed by atoms with Crippen LogP contribution in [0.15, 0.2) is 78.1 Å².